The summed E-state index contributed by atoms with van der Waals surface area (Å²) < 4.78 is 5.39. The molecule has 0 bridgehead atoms. The predicted octanol–water partition coefficient (Wildman–Crippen LogP) is 2.71. The number of nitrogens with one attached hydrogen (secondary N) is 4. The highest BCUT2D eigenvalue weighted by Crippen LogP contribution is 2.24. The monoisotopic (exact) mass is 688 g/mol. The highest BCUT2D eigenvalue weighted by molar-refractivity contribution is 6.38. The van der Waals surface area contributed by atoms with Crippen molar-refractivity contribution in [3.05, 3.63) is 41.4 Å². The van der Waals surface area contributed by atoms with E-state index < -0.39 is 47.4 Å². The third-order valence-electron chi connectivity index (χ3n) is 7.91. The lowest BCUT2D eigenvalue weighted by molar-refractivity contribution is -0.140. The minimum Gasteiger partial charge on any atom is -0.444 e. The van der Waals surface area contributed by atoms with Gasteiger partial charge in [-0.1, -0.05) is 37.6 Å². The second-order valence-electron chi connectivity index (χ2n) is 13.3. The molecule has 264 valence electrons. The quantitative estimate of drug-likeness (QED) is 0.262. The Morgan fingerprint density at radius 2 is 1.67 bits per heavy atom. The second-order valence-corrected chi connectivity index (χ2v) is 13.8. The molecule has 5 amide bonds. The molecular weight excluding hydrogens is 640 g/mol. The zero-order chi connectivity index (χ0) is 35.4. The van der Waals surface area contributed by atoms with Gasteiger partial charge in [0.05, 0.1) is 6.54 Å². The number of ketones is 1. The fourth-order valence-corrected chi connectivity index (χ4v) is 5.53. The average molecular weight is 689 g/mol. The Labute approximate surface area is 287 Å². The Kier molecular flexibility index (Phi) is 14.3. The molecule has 0 spiro atoms. The standard InChI is InChI=1S/C34H49ClN6O7/c1-22(2)28(39-33(47)48-34(3,4)5)32(46)40-19-20-41(24-15-13-23(35)14-16-24)26(21-40)30(44)38-25-11-9-7-6-8-10-12-27(42)36-17-18-37-31(45)29(25)43/h7,9,13-16,22,25-26,28H,6,8,10-12,17-21H2,1-5H3,(H,36,42)(H,37,45)(H,38,44)(H,39,47)/b9-7+/t25-,26-,28-/m1/s1. The van der Waals surface area contributed by atoms with Gasteiger partial charge in [0.2, 0.25) is 23.5 Å². The molecule has 1 fully saturated rings. The molecule has 0 saturated carbocycles. The fourth-order valence-electron chi connectivity index (χ4n) is 5.40. The first-order valence-corrected chi connectivity index (χ1v) is 16.9. The van der Waals surface area contributed by atoms with Gasteiger partial charge < -0.3 is 35.8 Å². The Bertz CT molecular complexity index is 1340. The largest absolute Gasteiger partial charge is 0.444 e. The summed E-state index contributed by atoms with van der Waals surface area (Å²) in [5, 5.41) is 11.2. The minimum absolute atomic E-state index is 0.0465. The molecule has 14 heteroatoms. The predicted molar refractivity (Wildman–Crippen MR) is 182 cm³/mol. The number of alkyl carbamates (subject to hydrolysis) is 1. The van der Waals surface area contributed by atoms with Crippen LogP contribution in [0.25, 0.3) is 0 Å². The van der Waals surface area contributed by atoms with Crippen LogP contribution in [0.1, 0.15) is 66.7 Å². The first kappa shape index (κ1) is 38.3. The topological polar surface area (TPSA) is 166 Å². The number of amides is 5. The van der Waals surface area contributed by atoms with Gasteiger partial charge in [-0.3, -0.25) is 24.0 Å². The first-order valence-electron chi connectivity index (χ1n) is 16.5. The van der Waals surface area contributed by atoms with E-state index in [1.165, 1.54) is 4.90 Å². The number of carbonyl (C=O) groups is 6. The molecular formula is C34H49ClN6O7. The lowest BCUT2D eigenvalue weighted by Gasteiger charge is -2.43. The molecule has 2 aliphatic heterocycles. The summed E-state index contributed by atoms with van der Waals surface area (Å²) in [6, 6.07) is 3.92. The zero-order valence-electron chi connectivity index (χ0n) is 28.5. The number of nitrogens with zero attached hydrogens (tertiary/aromatic N) is 2. The van der Waals surface area contributed by atoms with Crippen LogP contribution in [0.5, 0.6) is 0 Å². The Morgan fingerprint density at radius 3 is 2.33 bits per heavy atom. The van der Waals surface area contributed by atoms with Gasteiger partial charge in [-0.2, -0.15) is 0 Å². The van der Waals surface area contributed by atoms with E-state index in [1.54, 1.807) is 65.0 Å². The summed E-state index contributed by atoms with van der Waals surface area (Å²) >= 11 is 6.13. The molecule has 3 atom stereocenters. The van der Waals surface area contributed by atoms with Gasteiger partial charge in [-0.25, -0.2) is 4.79 Å². The van der Waals surface area contributed by atoms with Crippen LogP contribution in [0, 0.1) is 5.92 Å². The number of carbonyl (C=O) groups excluding carboxylic acids is 6. The third kappa shape index (κ3) is 11.8. The van der Waals surface area contributed by atoms with Crippen molar-refractivity contribution in [1.29, 1.82) is 0 Å². The normalized spacial score (nSPS) is 21.6. The van der Waals surface area contributed by atoms with Crippen molar-refractivity contribution in [3.63, 3.8) is 0 Å². The van der Waals surface area contributed by atoms with Crippen LogP contribution in [0.15, 0.2) is 36.4 Å². The lowest BCUT2D eigenvalue weighted by Crippen LogP contribution is -2.64. The average Bonchev–Trinajstić information content (AvgIpc) is 3.03. The Balaban J connectivity index is 1.85. The van der Waals surface area contributed by atoms with Crippen LogP contribution < -0.4 is 26.2 Å². The van der Waals surface area contributed by atoms with Crippen LogP contribution in [0.3, 0.4) is 0 Å². The highest BCUT2D eigenvalue weighted by Gasteiger charge is 2.39. The lowest BCUT2D eigenvalue weighted by atomic mass is 10.0. The Hall–Kier alpha value is -4.13. The van der Waals surface area contributed by atoms with E-state index >= 15 is 0 Å². The highest BCUT2D eigenvalue weighted by atomic mass is 35.5. The maximum Gasteiger partial charge on any atom is 0.408 e. The number of hydrogen-bond donors (Lipinski definition) is 4. The van der Waals surface area contributed by atoms with E-state index in [4.69, 9.17) is 16.3 Å². The maximum absolute atomic E-state index is 14.1. The van der Waals surface area contributed by atoms with E-state index in [0.29, 0.717) is 30.0 Å². The molecule has 0 radical (unpaired) electrons. The molecule has 1 saturated heterocycles. The number of benzene rings is 1. The smallest absolute Gasteiger partial charge is 0.408 e. The maximum atomic E-state index is 14.1. The molecule has 48 heavy (non-hydrogen) atoms. The molecule has 1 aromatic rings. The van der Waals surface area contributed by atoms with Gasteiger partial charge >= 0.3 is 6.09 Å². The number of rotatable bonds is 6. The van der Waals surface area contributed by atoms with Gasteiger partial charge in [0, 0.05) is 43.3 Å². The molecule has 1 aromatic carbocycles. The number of hydrogen-bond acceptors (Lipinski definition) is 8. The first-order chi connectivity index (χ1) is 22.7. The number of piperazine rings is 1. The SMILES string of the molecule is CC(C)[C@@H](NC(=O)OC(C)(C)C)C(=O)N1CCN(c2ccc(Cl)cc2)[C@@H](C(=O)N[C@@H]2C/C=C/CCCCC(=O)NCCNC(=O)C2=O)C1. The number of anilines is 1. The van der Waals surface area contributed by atoms with Crippen molar-refractivity contribution in [2.75, 3.05) is 37.6 Å². The number of halogens is 1. The number of Topliss-reactive ketones (excluding diaryl/α,β-unsaturated/α-hetero) is 1. The van der Waals surface area contributed by atoms with Crippen molar-refractivity contribution in [3.8, 4) is 0 Å². The van der Waals surface area contributed by atoms with Crippen LogP contribution in [-0.4, -0.2) is 96.9 Å². The van der Waals surface area contributed by atoms with Crippen LogP contribution in [-0.2, 0) is 28.7 Å². The van der Waals surface area contributed by atoms with Gasteiger partial charge in [0.1, 0.15) is 23.7 Å². The summed E-state index contributed by atoms with van der Waals surface area (Å²) in [4.78, 5) is 81.9. The number of ether oxygens (including phenoxy) is 1. The summed E-state index contributed by atoms with van der Waals surface area (Å²) in [6.07, 6.45) is 5.50. The molecule has 0 aromatic heterocycles. The van der Waals surface area contributed by atoms with Crippen molar-refractivity contribution >= 4 is 52.8 Å². The molecule has 0 unspecified atom stereocenters. The molecule has 4 N–H and O–H groups in total. The van der Waals surface area contributed by atoms with Crippen LogP contribution in [0.4, 0.5) is 10.5 Å². The van der Waals surface area contributed by atoms with Gasteiger partial charge in [-0.15, -0.1) is 0 Å². The summed E-state index contributed by atoms with van der Waals surface area (Å²) in [5.41, 5.74) is -0.0700. The summed E-state index contributed by atoms with van der Waals surface area (Å²) in [5.74, 6) is -3.02. The second kappa shape index (κ2) is 17.9. The van der Waals surface area contributed by atoms with E-state index in [2.05, 4.69) is 21.3 Å². The van der Waals surface area contributed by atoms with Gasteiger partial charge in [0.25, 0.3) is 5.91 Å². The Morgan fingerprint density at radius 1 is 0.979 bits per heavy atom. The summed E-state index contributed by atoms with van der Waals surface area (Å²) in [7, 11) is 0. The van der Waals surface area contributed by atoms with Gasteiger partial charge in [0.15, 0.2) is 0 Å². The zero-order valence-corrected chi connectivity index (χ0v) is 29.2. The van der Waals surface area contributed by atoms with Crippen molar-refractivity contribution in [1.82, 2.24) is 26.2 Å². The fraction of sp³-hybridized carbons (Fsp3) is 0.588. The molecule has 2 heterocycles. The molecule has 3 rings (SSSR count). The van der Waals surface area contributed by atoms with E-state index in [0.717, 1.165) is 6.42 Å². The molecule has 0 aliphatic carbocycles. The van der Waals surface area contributed by atoms with Crippen LogP contribution in [0.2, 0.25) is 5.02 Å². The minimum atomic E-state index is -1.16. The van der Waals surface area contributed by atoms with Gasteiger partial charge in [-0.05, 0) is 76.6 Å². The summed E-state index contributed by atoms with van der Waals surface area (Å²) in [6.45, 7) is 9.52. The van der Waals surface area contributed by atoms with Crippen molar-refractivity contribution < 1.29 is 33.5 Å². The van der Waals surface area contributed by atoms with Crippen molar-refractivity contribution in [2.24, 2.45) is 5.92 Å². The van der Waals surface area contributed by atoms with E-state index in [9.17, 15) is 28.8 Å². The molecule has 2 aliphatic rings. The third-order valence-corrected chi connectivity index (χ3v) is 8.16. The van der Waals surface area contributed by atoms with E-state index in [1.807, 2.05) is 11.0 Å². The van der Waals surface area contributed by atoms with Crippen molar-refractivity contribution in [2.45, 2.75) is 90.4 Å². The van der Waals surface area contributed by atoms with E-state index in [-0.39, 0.29) is 56.9 Å². The van der Waals surface area contributed by atoms with Crippen LogP contribution >= 0.6 is 11.6 Å². The number of allylic oxidation sites excluding steroid dienone is 1. The molecule has 13 nitrogen and oxygen atoms in total.